The van der Waals surface area contributed by atoms with Crippen molar-refractivity contribution in [2.24, 2.45) is 0 Å². The Morgan fingerprint density at radius 3 is 2.95 bits per heavy atom. The minimum Gasteiger partial charge on any atom is -0.390 e. The number of carbonyl (C=O) groups excluding carboxylic acids is 1. The number of benzene rings is 1. The Morgan fingerprint density at radius 1 is 1.47 bits per heavy atom. The molecular formula is C13H16F2N2O2. The third-order valence-corrected chi connectivity index (χ3v) is 3.12. The standard InChI is InChI=1S/C13H16F2N2O2/c14-13(15,8-18)7-17-12(19)11-10-4-2-1-3-9(10)5-6-16-11/h1-4,11,16,18H,5-8H2,(H,17,19). The summed E-state index contributed by atoms with van der Waals surface area (Å²) in [6.07, 6.45) is 0.812. The molecule has 1 aliphatic rings. The molecule has 1 heterocycles. The van der Waals surface area contributed by atoms with Crippen molar-refractivity contribution in [2.45, 2.75) is 18.4 Å². The molecule has 104 valence electrons. The van der Waals surface area contributed by atoms with Crippen LogP contribution in [-0.2, 0) is 11.2 Å². The highest BCUT2D eigenvalue weighted by molar-refractivity contribution is 5.84. The van der Waals surface area contributed by atoms with Gasteiger partial charge in [0.05, 0.1) is 6.54 Å². The SMILES string of the molecule is O=C(NCC(F)(F)CO)C1NCCc2ccccc21. The van der Waals surface area contributed by atoms with Crippen molar-refractivity contribution in [3.63, 3.8) is 0 Å². The number of carbonyl (C=O) groups is 1. The molecular weight excluding hydrogens is 254 g/mol. The van der Waals surface area contributed by atoms with Gasteiger partial charge in [0.1, 0.15) is 12.6 Å². The lowest BCUT2D eigenvalue weighted by molar-refractivity contribution is -0.126. The molecule has 6 heteroatoms. The number of hydrogen-bond acceptors (Lipinski definition) is 3. The number of rotatable bonds is 4. The predicted octanol–water partition coefficient (Wildman–Crippen LogP) is 0.617. The van der Waals surface area contributed by atoms with Gasteiger partial charge >= 0.3 is 0 Å². The molecule has 0 spiro atoms. The van der Waals surface area contributed by atoms with Gasteiger partial charge in [0.25, 0.3) is 5.92 Å². The zero-order valence-corrected chi connectivity index (χ0v) is 10.3. The van der Waals surface area contributed by atoms with Gasteiger partial charge < -0.3 is 15.7 Å². The molecule has 1 amide bonds. The Kier molecular flexibility index (Phi) is 4.11. The van der Waals surface area contributed by atoms with E-state index in [0.717, 1.165) is 17.5 Å². The second-order valence-electron chi connectivity index (χ2n) is 4.57. The van der Waals surface area contributed by atoms with Crippen molar-refractivity contribution < 1.29 is 18.7 Å². The van der Waals surface area contributed by atoms with E-state index in [2.05, 4.69) is 10.6 Å². The molecule has 0 aromatic heterocycles. The first-order chi connectivity index (χ1) is 9.03. The fraction of sp³-hybridized carbons (Fsp3) is 0.462. The smallest absolute Gasteiger partial charge is 0.287 e. The van der Waals surface area contributed by atoms with Gasteiger partial charge in [0, 0.05) is 6.54 Å². The third-order valence-electron chi connectivity index (χ3n) is 3.12. The van der Waals surface area contributed by atoms with E-state index in [4.69, 9.17) is 5.11 Å². The van der Waals surface area contributed by atoms with Gasteiger partial charge in [-0.3, -0.25) is 4.79 Å². The van der Waals surface area contributed by atoms with Crippen LogP contribution < -0.4 is 10.6 Å². The van der Waals surface area contributed by atoms with Crippen molar-refractivity contribution in [1.29, 1.82) is 0 Å². The van der Waals surface area contributed by atoms with Gasteiger partial charge in [-0.05, 0) is 17.5 Å². The van der Waals surface area contributed by atoms with E-state index >= 15 is 0 Å². The lowest BCUT2D eigenvalue weighted by Gasteiger charge is -2.26. The monoisotopic (exact) mass is 270 g/mol. The maximum Gasteiger partial charge on any atom is 0.287 e. The molecule has 2 rings (SSSR count). The van der Waals surface area contributed by atoms with Gasteiger partial charge in [-0.2, -0.15) is 0 Å². The zero-order chi connectivity index (χ0) is 13.9. The topological polar surface area (TPSA) is 61.4 Å². The average molecular weight is 270 g/mol. The second-order valence-corrected chi connectivity index (χ2v) is 4.57. The highest BCUT2D eigenvalue weighted by atomic mass is 19.3. The number of alkyl halides is 2. The van der Waals surface area contributed by atoms with E-state index in [9.17, 15) is 13.6 Å². The Bertz CT molecular complexity index is 466. The van der Waals surface area contributed by atoms with Gasteiger partial charge in [-0.1, -0.05) is 24.3 Å². The summed E-state index contributed by atoms with van der Waals surface area (Å²) in [6, 6.07) is 6.83. The predicted molar refractivity (Wildman–Crippen MR) is 65.9 cm³/mol. The number of halogens is 2. The van der Waals surface area contributed by atoms with Gasteiger partial charge in [-0.25, -0.2) is 8.78 Å². The van der Waals surface area contributed by atoms with E-state index < -0.39 is 31.0 Å². The van der Waals surface area contributed by atoms with Gasteiger partial charge in [0.15, 0.2) is 0 Å². The number of aliphatic hydroxyl groups excluding tert-OH is 1. The first-order valence-electron chi connectivity index (χ1n) is 6.11. The van der Waals surface area contributed by atoms with Crippen LogP contribution in [0, 0.1) is 0 Å². The molecule has 0 saturated carbocycles. The van der Waals surface area contributed by atoms with Gasteiger partial charge in [-0.15, -0.1) is 0 Å². The highest BCUT2D eigenvalue weighted by Gasteiger charge is 2.31. The summed E-state index contributed by atoms with van der Waals surface area (Å²) in [6.45, 7) is -1.50. The largest absolute Gasteiger partial charge is 0.390 e. The van der Waals surface area contributed by atoms with Crippen LogP contribution in [0.2, 0.25) is 0 Å². The quantitative estimate of drug-likeness (QED) is 0.751. The number of aliphatic hydroxyl groups is 1. The maximum absolute atomic E-state index is 12.9. The van der Waals surface area contributed by atoms with Crippen molar-refractivity contribution in [3.05, 3.63) is 35.4 Å². The second kappa shape index (κ2) is 5.63. The Balaban J connectivity index is 2.05. The van der Waals surface area contributed by atoms with Crippen LogP contribution in [-0.4, -0.2) is 36.6 Å². The molecule has 1 aromatic rings. The average Bonchev–Trinajstić information content (AvgIpc) is 2.44. The molecule has 1 aliphatic heterocycles. The van der Waals surface area contributed by atoms with Crippen LogP contribution in [0.15, 0.2) is 24.3 Å². The molecule has 0 saturated heterocycles. The van der Waals surface area contributed by atoms with Crippen LogP contribution in [0.5, 0.6) is 0 Å². The van der Waals surface area contributed by atoms with E-state index in [-0.39, 0.29) is 0 Å². The molecule has 1 unspecified atom stereocenters. The molecule has 1 aromatic carbocycles. The molecule has 0 fully saturated rings. The lowest BCUT2D eigenvalue weighted by Crippen LogP contribution is -2.46. The van der Waals surface area contributed by atoms with Gasteiger partial charge in [0.2, 0.25) is 5.91 Å². The van der Waals surface area contributed by atoms with E-state index in [1.54, 1.807) is 0 Å². The Labute approximate surface area is 109 Å². The molecule has 4 nitrogen and oxygen atoms in total. The lowest BCUT2D eigenvalue weighted by atomic mass is 9.94. The van der Waals surface area contributed by atoms with Crippen molar-refractivity contribution in [2.75, 3.05) is 19.7 Å². The number of fused-ring (bicyclic) bond motifs is 1. The fourth-order valence-corrected chi connectivity index (χ4v) is 2.11. The molecule has 19 heavy (non-hydrogen) atoms. The molecule has 0 bridgehead atoms. The minimum absolute atomic E-state index is 0.500. The zero-order valence-electron chi connectivity index (χ0n) is 10.3. The summed E-state index contributed by atoms with van der Waals surface area (Å²) in [5.41, 5.74) is 1.87. The summed E-state index contributed by atoms with van der Waals surface area (Å²) in [5, 5.41) is 13.6. The van der Waals surface area contributed by atoms with Crippen LogP contribution >= 0.6 is 0 Å². The van der Waals surface area contributed by atoms with E-state index in [1.807, 2.05) is 24.3 Å². The molecule has 0 aliphatic carbocycles. The van der Waals surface area contributed by atoms with Crippen molar-refractivity contribution in [3.8, 4) is 0 Å². The van der Waals surface area contributed by atoms with Crippen LogP contribution in [0.4, 0.5) is 8.78 Å². The number of amides is 1. The molecule has 0 radical (unpaired) electrons. The number of nitrogens with one attached hydrogen (secondary N) is 2. The summed E-state index contributed by atoms with van der Waals surface area (Å²) in [4.78, 5) is 11.9. The van der Waals surface area contributed by atoms with E-state index in [0.29, 0.717) is 6.54 Å². The molecule has 1 atom stereocenters. The number of hydrogen-bond donors (Lipinski definition) is 3. The third kappa shape index (κ3) is 3.27. The van der Waals surface area contributed by atoms with E-state index in [1.165, 1.54) is 0 Å². The minimum atomic E-state index is -3.29. The Morgan fingerprint density at radius 2 is 2.21 bits per heavy atom. The summed E-state index contributed by atoms with van der Waals surface area (Å²) in [7, 11) is 0. The van der Waals surface area contributed by atoms with Crippen LogP contribution in [0.1, 0.15) is 17.2 Å². The van der Waals surface area contributed by atoms with Crippen molar-refractivity contribution >= 4 is 5.91 Å². The highest BCUT2D eigenvalue weighted by Crippen LogP contribution is 2.22. The van der Waals surface area contributed by atoms with Crippen LogP contribution in [0.3, 0.4) is 0 Å². The first-order valence-corrected chi connectivity index (χ1v) is 6.11. The molecule has 3 N–H and O–H groups in total. The fourth-order valence-electron chi connectivity index (χ4n) is 2.11. The summed E-state index contributed by atoms with van der Waals surface area (Å²) < 4.78 is 25.8. The summed E-state index contributed by atoms with van der Waals surface area (Å²) >= 11 is 0. The van der Waals surface area contributed by atoms with Crippen LogP contribution in [0.25, 0.3) is 0 Å². The maximum atomic E-state index is 12.9. The first kappa shape index (κ1) is 13.9. The van der Waals surface area contributed by atoms with Crippen molar-refractivity contribution in [1.82, 2.24) is 10.6 Å². The summed E-state index contributed by atoms with van der Waals surface area (Å²) in [5.74, 6) is -3.79. The Hall–Kier alpha value is -1.53. The normalized spacial score (nSPS) is 18.8.